The molecule has 0 bridgehead atoms. The van der Waals surface area contributed by atoms with Gasteiger partial charge in [-0.2, -0.15) is 0 Å². The Morgan fingerprint density at radius 2 is 1.93 bits per heavy atom. The van der Waals surface area contributed by atoms with E-state index in [-0.39, 0.29) is 0 Å². The molecule has 0 amide bonds. The highest BCUT2D eigenvalue weighted by Gasteiger charge is 2.19. The van der Waals surface area contributed by atoms with E-state index in [1.165, 1.54) is 0 Å². The van der Waals surface area contributed by atoms with Crippen molar-refractivity contribution in [1.29, 1.82) is 0 Å². The van der Waals surface area contributed by atoms with Crippen molar-refractivity contribution in [3.05, 3.63) is 72.2 Å². The summed E-state index contributed by atoms with van der Waals surface area (Å²) >= 11 is 0. The molecule has 0 aliphatic carbocycles. The Kier molecular flexibility index (Phi) is 5.81. The molecule has 0 spiro atoms. The van der Waals surface area contributed by atoms with Gasteiger partial charge in [-0.05, 0) is 37.1 Å². The van der Waals surface area contributed by atoms with E-state index >= 15 is 0 Å². The van der Waals surface area contributed by atoms with Gasteiger partial charge in [0.15, 0.2) is 0 Å². The van der Waals surface area contributed by atoms with Crippen molar-refractivity contribution in [2.45, 2.75) is 18.9 Å². The number of hydrogen-bond acceptors (Lipinski definition) is 6. The maximum absolute atomic E-state index is 11.0. The van der Waals surface area contributed by atoms with Crippen molar-refractivity contribution in [2.75, 3.05) is 24.5 Å². The van der Waals surface area contributed by atoms with E-state index in [1.807, 2.05) is 48.7 Å². The Morgan fingerprint density at radius 3 is 2.69 bits per heavy atom. The lowest BCUT2D eigenvalue weighted by Crippen LogP contribution is -2.41. The number of nitrogens with one attached hydrogen (secondary N) is 1. The second-order valence-electron chi connectivity index (χ2n) is 7.26. The van der Waals surface area contributed by atoms with E-state index in [1.54, 1.807) is 6.20 Å². The minimum absolute atomic E-state index is 0.385. The summed E-state index contributed by atoms with van der Waals surface area (Å²) in [5.74, 6) is 0. The molecule has 3 aromatic rings. The number of carbonyl (C=O) groups is 1. The molecule has 0 saturated carbocycles. The number of nitrogens with two attached hydrogens (primary N) is 1. The van der Waals surface area contributed by atoms with Crippen molar-refractivity contribution >= 4 is 28.6 Å². The van der Waals surface area contributed by atoms with Crippen LogP contribution in [0.2, 0.25) is 0 Å². The quantitative estimate of drug-likeness (QED) is 0.633. The van der Waals surface area contributed by atoms with Gasteiger partial charge < -0.3 is 16.0 Å². The number of nitrogens with zero attached hydrogens (tertiary/aromatic N) is 3. The van der Waals surface area contributed by atoms with Gasteiger partial charge in [0, 0.05) is 48.7 Å². The zero-order chi connectivity index (χ0) is 20.1. The lowest BCUT2D eigenvalue weighted by Gasteiger charge is -2.34. The number of aldehydes is 1. The van der Waals surface area contributed by atoms with Gasteiger partial charge in [0.25, 0.3) is 0 Å². The summed E-state index contributed by atoms with van der Waals surface area (Å²) < 4.78 is 0. The van der Waals surface area contributed by atoms with Crippen molar-refractivity contribution in [2.24, 2.45) is 5.73 Å². The van der Waals surface area contributed by atoms with Crippen LogP contribution in [0, 0.1) is 0 Å². The maximum atomic E-state index is 11.0. The van der Waals surface area contributed by atoms with Gasteiger partial charge in [-0.25, -0.2) is 4.98 Å². The summed E-state index contributed by atoms with van der Waals surface area (Å²) in [6, 6.07) is 16.0. The number of piperidine rings is 1. The van der Waals surface area contributed by atoms with Crippen LogP contribution < -0.4 is 16.0 Å². The first kappa shape index (κ1) is 19.1. The lowest BCUT2D eigenvalue weighted by atomic mass is 10.0. The van der Waals surface area contributed by atoms with E-state index in [0.29, 0.717) is 12.6 Å². The van der Waals surface area contributed by atoms with Crippen LogP contribution in [0.15, 0.2) is 60.9 Å². The summed E-state index contributed by atoms with van der Waals surface area (Å²) in [5, 5.41) is 3.52. The molecule has 2 heterocycles. The molecular weight excluding hydrogens is 362 g/mol. The first-order chi connectivity index (χ1) is 14.3. The fraction of sp³-hybridized carbons (Fsp3) is 0.261. The topological polar surface area (TPSA) is 84.1 Å². The average molecular weight is 387 g/mol. The predicted octanol–water partition coefficient (Wildman–Crippen LogP) is 3.00. The second-order valence-corrected chi connectivity index (χ2v) is 7.26. The number of para-hydroxylation sites is 2. The number of anilines is 1. The van der Waals surface area contributed by atoms with Crippen LogP contribution in [-0.4, -0.2) is 41.9 Å². The summed E-state index contributed by atoms with van der Waals surface area (Å²) in [6.45, 7) is 2.29. The number of carbonyl (C=O) groups excluding carboxylic acids is 1. The summed E-state index contributed by atoms with van der Waals surface area (Å²) in [6.07, 6.45) is 6.70. The Hall–Kier alpha value is -3.25. The van der Waals surface area contributed by atoms with Gasteiger partial charge in [-0.1, -0.05) is 24.3 Å². The van der Waals surface area contributed by atoms with Gasteiger partial charge in [-0.15, -0.1) is 0 Å². The first-order valence-corrected chi connectivity index (χ1v) is 9.94. The molecule has 6 heteroatoms. The van der Waals surface area contributed by atoms with Crippen LogP contribution in [0.3, 0.4) is 0 Å². The van der Waals surface area contributed by atoms with Gasteiger partial charge in [0.2, 0.25) is 0 Å². The van der Waals surface area contributed by atoms with Crippen LogP contribution in [0.5, 0.6) is 0 Å². The molecule has 0 unspecified atom stereocenters. The van der Waals surface area contributed by atoms with Crippen molar-refractivity contribution in [3.8, 4) is 0 Å². The van der Waals surface area contributed by atoms with Crippen LogP contribution in [0.1, 0.15) is 28.9 Å². The lowest BCUT2D eigenvalue weighted by molar-refractivity contribution is 0.112. The fourth-order valence-electron chi connectivity index (χ4n) is 3.67. The molecule has 4 rings (SSSR count). The van der Waals surface area contributed by atoms with E-state index in [4.69, 9.17) is 10.7 Å². The maximum Gasteiger partial charge on any atom is 0.150 e. The smallest absolute Gasteiger partial charge is 0.150 e. The van der Waals surface area contributed by atoms with Gasteiger partial charge in [0.1, 0.15) is 6.29 Å². The molecule has 148 valence electrons. The van der Waals surface area contributed by atoms with Gasteiger partial charge in [-0.3, -0.25) is 9.78 Å². The third-order valence-electron chi connectivity index (χ3n) is 5.36. The standard InChI is InChI=1S/C23H25N5O/c24-13-18(23-15-26-21-6-1-2-7-22(21)27-23)14-25-19-8-10-28(11-9-19)20-5-3-4-17(12-20)16-29/h1-7,12,14-16,19,25H,8-11,13,24H2/b18-14+. The fourth-order valence-corrected chi connectivity index (χ4v) is 3.67. The number of aromatic nitrogens is 2. The number of fused-ring (bicyclic) bond motifs is 1. The van der Waals surface area contributed by atoms with Gasteiger partial charge in [0.05, 0.1) is 22.9 Å². The molecule has 1 saturated heterocycles. The highest BCUT2D eigenvalue weighted by molar-refractivity contribution is 5.77. The van der Waals surface area contributed by atoms with E-state index in [2.05, 4.69) is 21.3 Å². The van der Waals surface area contributed by atoms with Crippen LogP contribution in [0.25, 0.3) is 16.6 Å². The molecule has 0 atom stereocenters. The minimum atomic E-state index is 0.385. The molecule has 2 aromatic carbocycles. The summed E-state index contributed by atoms with van der Waals surface area (Å²) in [5.41, 5.74) is 11.3. The minimum Gasteiger partial charge on any atom is -0.388 e. The Labute approximate surface area is 170 Å². The Bertz CT molecular complexity index is 1020. The molecule has 1 aliphatic heterocycles. The van der Waals surface area contributed by atoms with Crippen LogP contribution in [0.4, 0.5) is 5.69 Å². The SMILES string of the molecule is NC/C(=C\NC1CCN(c2cccc(C=O)c2)CC1)c1cnc2ccccc2n1. The first-order valence-electron chi connectivity index (χ1n) is 9.94. The average Bonchev–Trinajstić information content (AvgIpc) is 2.80. The van der Waals surface area contributed by atoms with Crippen LogP contribution >= 0.6 is 0 Å². The normalized spacial score (nSPS) is 15.5. The molecule has 3 N–H and O–H groups in total. The Morgan fingerprint density at radius 1 is 1.14 bits per heavy atom. The molecule has 0 radical (unpaired) electrons. The molecular formula is C23H25N5O. The van der Waals surface area contributed by atoms with Gasteiger partial charge >= 0.3 is 0 Å². The third kappa shape index (κ3) is 4.43. The zero-order valence-corrected chi connectivity index (χ0v) is 16.3. The number of rotatable bonds is 6. The van der Waals surface area contributed by atoms with Crippen LogP contribution in [-0.2, 0) is 0 Å². The number of benzene rings is 2. The summed E-state index contributed by atoms with van der Waals surface area (Å²) in [4.78, 5) is 22.5. The molecule has 29 heavy (non-hydrogen) atoms. The van der Waals surface area contributed by atoms with E-state index in [0.717, 1.165) is 65.8 Å². The van der Waals surface area contributed by atoms with E-state index < -0.39 is 0 Å². The van der Waals surface area contributed by atoms with Crippen molar-refractivity contribution in [1.82, 2.24) is 15.3 Å². The molecule has 1 fully saturated rings. The monoisotopic (exact) mass is 387 g/mol. The highest BCUT2D eigenvalue weighted by Crippen LogP contribution is 2.21. The Balaban J connectivity index is 1.39. The third-order valence-corrected chi connectivity index (χ3v) is 5.36. The molecule has 1 aliphatic rings. The van der Waals surface area contributed by atoms with E-state index in [9.17, 15) is 4.79 Å². The highest BCUT2D eigenvalue weighted by atomic mass is 16.1. The second kappa shape index (κ2) is 8.84. The number of hydrogen-bond donors (Lipinski definition) is 2. The summed E-state index contributed by atoms with van der Waals surface area (Å²) in [7, 11) is 0. The largest absolute Gasteiger partial charge is 0.388 e. The van der Waals surface area contributed by atoms with Crippen molar-refractivity contribution < 1.29 is 4.79 Å². The predicted molar refractivity (Wildman–Crippen MR) is 117 cm³/mol. The molecule has 1 aromatic heterocycles. The molecule has 6 nitrogen and oxygen atoms in total. The van der Waals surface area contributed by atoms with Crippen molar-refractivity contribution in [3.63, 3.8) is 0 Å². The zero-order valence-electron chi connectivity index (χ0n) is 16.3.